The van der Waals surface area contributed by atoms with Crippen LogP contribution in [-0.2, 0) is 6.42 Å². The number of phenolic OH excluding ortho intramolecular Hbond substituents is 1. The highest BCUT2D eigenvalue weighted by molar-refractivity contribution is 6.02. The summed E-state index contributed by atoms with van der Waals surface area (Å²) in [6, 6.07) is 9.96. The minimum absolute atomic E-state index is 0.0467. The molecule has 8 rings (SSSR count). The van der Waals surface area contributed by atoms with Crippen molar-refractivity contribution in [3.63, 3.8) is 0 Å². The molecule has 2 aromatic heterocycles. The Labute approximate surface area is 249 Å². The molecule has 4 atom stereocenters. The van der Waals surface area contributed by atoms with Crippen LogP contribution in [-0.4, -0.2) is 75.1 Å². The van der Waals surface area contributed by atoms with E-state index in [1.807, 2.05) is 30.0 Å². The van der Waals surface area contributed by atoms with E-state index in [2.05, 4.69) is 22.1 Å². The molecule has 4 aromatic rings. The molecule has 10 heteroatoms. The fourth-order valence-electron chi connectivity index (χ4n) is 8.06. The van der Waals surface area contributed by atoms with Crippen molar-refractivity contribution in [3.05, 3.63) is 47.4 Å². The Morgan fingerprint density at radius 3 is 2.70 bits per heavy atom. The highest BCUT2D eigenvalue weighted by Gasteiger charge is 2.55. The van der Waals surface area contributed by atoms with Crippen LogP contribution in [0.5, 0.6) is 11.8 Å². The van der Waals surface area contributed by atoms with Crippen LogP contribution in [0, 0.1) is 12.7 Å². The average molecular weight is 587 g/mol. The number of aromatic hydroxyl groups is 1. The van der Waals surface area contributed by atoms with Crippen LogP contribution in [0.4, 0.5) is 14.6 Å². The molecule has 4 saturated heterocycles. The van der Waals surface area contributed by atoms with Gasteiger partial charge in [0.05, 0.1) is 16.6 Å². The van der Waals surface area contributed by atoms with Gasteiger partial charge in [0.1, 0.15) is 29.4 Å². The van der Waals surface area contributed by atoms with Gasteiger partial charge in [0, 0.05) is 43.7 Å². The number of ether oxygens (including phenoxy) is 1. The summed E-state index contributed by atoms with van der Waals surface area (Å²) in [5, 5.41) is 16.5. The van der Waals surface area contributed by atoms with Gasteiger partial charge in [-0.3, -0.25) is 4.90 Å². The van der Waals surface area contributed by atoms with Crippen LogP contribution < -0.4 is 15.0 Å². The number of halogens is 2. The second-order valence-corrected chi connectivity index (χ2v) is 12.8. The van der Waals surface area contributed by atoms with E-state index >= 15 is 4.39 Å². The van der Waals surface area contributed by atoms with Gasteiger partial charge in [0.15, 0.2) is 12.1 Å². The highest BCUT2D eigenvalue weighted by Crippen LogP contribution is 2.46. The molecule has 2 N–H and O–H groups in total. The first kappa shape index (κ1) is 27.0. The summed E-state index contributed by atoms with van der Waals surface area (Å²) in [6.45, 7) is 6.42. The predicted octanol–water partition coefficient (Wildman–Crippen LogP) is 5.41. The van der Waals surface area contributed by atoms with Crippen LogP contribution >= 0.6 is 0 Å². The number of alkyl halides is 1. The Balaban J connectivity index is 1.29. The first-order valence-electron chi connectivity index (χ1n) is 15.5. The molecule has 224 valence electrons. The fraction of sp³-hybridized carbons (Fsp3) is 0.485. The van der Waals surface area contributed by atoms with E-state index in [-0.39, 0.29) is 35.1 Å². The van der Waals surface area contributed by atoms with E-state index in [0.717, 1.165) is 68.1 Å². The molecule has 43 heavy (non-hydrogen) atoms. The highest BCUT2D eigenvalue weighted by atomic mass is 19.1. The molecule has 2 bridgehead atoms. The molecule has 0 saturated carbocycles. The molecule has 4 fully saturated rings. The smallest absolute Gasteiger partial charge is 0.319 e. The number of benzene rings is 2. The molecule has 8 nitrogen and oxygen atoms in total. The molecule has 6 heterocycles. The third-order valence-electron chi connectivity index (χ3n) is 10.1. The summed E-state index contributed by atoms with van der Waals surface area (Å²) in [5.41, 5.74) is 2.13. The Morgan fingerprint density at radius 1 is 1.12 bits per heavy atom. The number of anilines is 1. The van der Waals surface area contributed by atoms with Crippen LogP contribution in [0.3, 0.4) is 0 Å². The number of rotatable bonds is 6. The van der Waals surface area contributed by atoms with Crippen molar-refractivity contribution in [1.29, 1.82) is 0 Å². The van der Waals surface area contributed by atoms with Crippen molar-refractivity contribution in [3.8, 4) is 23.0 Å². The van der Waals surface area contributed by atoms with Crippen molar-refractivity contribution in [2.75, 3.05) is 31.1 Å². The van der Waals surface area contributed by atoms with Crippen molar-refractivity contribution in [1.82, 2.24) is 25.2 Å². The number of aromatic nitrogens is 3. The number of fused-ring (bicyclic) bond motifs is 5. The average Bonchev–Trinajstić information content (AvgIpc) is 3.53. The lowest BCUT2D eigenvalue weighted by atomic mass is 9.85. The molecule has 2 aromatic carbocycles. The number of nitrogens with zero attached hydrogens (tertiary/aromatic N) is 5. The molecule has 0 aliphatic carbocycles. The molecule has 0 radical (unpaired) electrons. The van der Waals surface area contributed by atoms with E-state index < -0.39 is 12.1 Å². The zero-order valence-electron chi connectivity index (χ0n) is 24.5. The molecular weight excluding hydrogens is 550 g/mol. The third kappa shape index (κ3) is 4.24. The van der Waals surface area contributed by atoms with Crippen molar-refractivity contribution in [2.45, 2.75) is 76.3 Å². The Kier molecular flexibility index (Phi) is 6.24. The summed E-state index contributed by atoms with van der Waals surface area (Å²) in [4.78, 5) is 18.5. The van der Waals surface area contributed by atoms with Crippen LogP contribution in [0.25, 0.3) is 32.9 Å². The third-order valence-corrected chi connectivity index (χ3v) is 10.1. The summed E-state index contributed by atoms with van der Waals surface area (Å²) in [7, 11) is 0. The summed E-state index contributed by atoms with van der Waals surface area (Å²) >= 11 is 0. The Bertz CT molecular complexity index is 1760. The SMILES string of the molecule is CCc1cccc2cc(O)cc(-c3nc(C)c4c(N5CC6CCC(C5)N6)nc(OC[C@@]56CCCN5[C@H](F)C6)nc4c3F)c12. The lowest BCUT2D eigenvalue weighted by Crippen LogP contribution is -2.63. The van der Waals surface area contributed by atoms with Gasteiger partial charge in [-0.2, -0.15) is 9.97 Å². The monoisotopic (exact) mass is 586 g/mol. The maximum Gasteiger partial charge on any atom is 0.319 e. The van der Waals surface area contributed by atoms with Gasteiger partial charge in [0.25, 0.3) is 0 Å². The van der Waals surface area contributed by atoms with E-state index in [1.54, 1.807) is 12.1 Å². The van der Waals surface area contributed by atoms with Gasteiger partial charge in [-0.15, -0.1) is 0 Å². The first-order valence-corrected chi connectivity index (χ1v) is 15.5. The van der Waals surface area contributed by atoms with Crippen LogP contribution in [0.1, 0.15) is 50.3 Å². The molecule has 2 unspecified atom stereocenters. The molecule has 0 spiro atoms. The largest absolute Gasteiger partial charge is 0.508 e. The van der Waals surface area contributed by atoms with E-state index in [9.17, 15) is 9.50 Å². The minimum atomic E-state index is -0.936. The van der Waals surface area contributed by atoms with Crippen molar-refractivity contribution >= 4 is 27.5 Å². The zero-order chi connectivity index (χ0) is 29.5. The lowest BCUT2D eigenvalue weighted by Gasteiger charge is -2.50. The number of aryl methyl sites for hydroxylation is 2. The quantitative estimate of drug-likeness (QED) is 0.290. The molecular formula is C33H36F2N6O2. The van der Waals surface area contributed by atoms with Crippen LogP contribution in [0.15, 0.2) is 30.3 Å². The Hall–Kier alpha value is -3.63. The van der Waals surface area contributed by atoms with E-state index in [4.69, 9.17) is 14.7 Å². The molecule has 4 aliphatic rings. The second kappa shape index (κ2) is 9.95. The molecule has 4 aliphatic heterocycles. The molecule has 0 amide bonds. The number of phenols is 1. The van der Waals surface area contributed by atoms with Crippen molar-refractivity contribution < 1.29 is 18.6 Å². The lowest BCUT2D eigenvalue weighted by molar-refractivity contribution is -0.125. The van der Waals surface area contributed by atoms with Gasteiger partial charge in [-0.25, -0.2) is 13.8 Å². The number of hydrogen-bond donors (Lipinski definition) is 2. The normalized spacial score (nSPS) is 26.7. The van der Waals surface area contributed by atoms with Gasteiger partial charge in [-0.1, -0.05) is 25.1 Å². The number of piperazine rings is 1. The van der Waals surface area contributed by atoms with Gasteiger partial charge >= 0.3 is 6.01 Å². The second-order valence-electron chi connectivity index (χ2n) is 12.8. The zero-order valence-corrected chi connectivity index (χ0v) is 24.5. The number of hydrogen-bond acceptors (Lipinski definition) is 8. The van der Waals surface area contributed by atoms with Crippen molar-refractivity contribution in [2.24, 2.45) is 0 Å². The summed E-state index contributed by atoms with van der Waals surface area (Å²) in [6.07, 6.45) is 4.22. The van der Waals surface area contributed by atoms with Gasteiger partial charge in [0.2, 0.25) is 0 Å². The fourth-order valence-corrected chi connectivity index (χ4v) is 8.06. The standard InChI is InChI=1S/C33H36F2N6O2/c1-3-19-6-4-7-20-12-23(42)13-24(27(19)20)29-28(35)30-26(18(2)36-29)31(40-15-21-8-9-22(16-40)37-21)39-32(38-30)43-17-33-10-5-11-41(33)25(34)14-33/h4,6-7,12-13,21-22,25,37,42H,3,5,8-11,14-17H2,1-2H3/t21?,22?,25-,33-/m0/s1. The predicted molar refractivity (Wildman–Crippen MR) is 162 cm³/mol. The van der Waals surface area contributed by atoms with Gasteiger partial charge in [-0.05, 0) is 67.5 Å². The Morgan fingerprint density at radius 2 is 1.93 bits per heavy atom. The summed E-state index contributed by atoms with van der Waals surface area (Å²) < 4.78 is 37.4. The maximum atomic E-state index is 16.9. The summed E-state index contributed by atoms with van der Waals surface area (Å²) in [5.74, 6) is 0.102. The van der Waals surface area contributed by atoms with E-state index in [0.29, 0.717) is 41.0 Å². The maximum absolute atomic E-state index is 16.9. The van der Waals surface area contributed by atoms with Gasteiger partial charge < -0.3 is 20.1 Å². The first-order chi connectivity index (χ1) is 20.8. The number of nitrogens with one attached hydrogen (secondary N) is 1. The number of pyridine rings is 1. The van der Waals surface area contributed by atoms with Crippen LogP contribution in [0.2, 0.25) is 0 Å². The topological polar surface area (TPSA) is 86.6 Å². The minimum Gasteiger partial charge on any atom is -0.508 e. The van der Waals surface area contributed by atoms with E-state index in [1.165, 1.54) is 0 Å².